The van der Waals surface area contributed by atoms with Crippen LogP contribution in [0.5, 0.6) is 0 Å². The number of aryl methyl sites for hydroxylation is 1. The van der Waals surface area contributed by atoms with Crippen LogP contribution in [0.4, 0.5) is 0 Å². The number of carbonyl (C=O) groups excluding carboxylic acids is 2. The molecular formula is C31H44N4O3. The van der Waals surface area contributed by atoms with Crippen molar-refractivity contribution in [3.63, 3.8) is 0 Å². The predicted octanol–water partition coefficient (Wildman–Crippen LogP) is 4.15. The number of hydrogen-bond acceptors (Lipinski definition) is 4. The molecule has 206 valence electrons. The molecule has 1 aromatic heterocycles. The van der Waals surface area contributed by atoms with E-state index in [1.165, 1.54) is 67.8 Å². The summed E-state index contributed by atoms with van der Waals surface area (Å²) in [6.45, 7) is 2.89. The van der Waals surface area contributed by atoms with Crippen LogP contribution in [0, 0.1) is 11.3 Å². The van der Waals surface area contributed by atoms with E-state index in [2.05, 4.69) is 47.4 Å². The second-order valence-electron chi connectivity index (χ2n) is 12.6. The van der Waals surface area contributed by atoms with Gasteiger partial charge in [-0.1, -0.05) is 44.6 Å². The van der Waals surface area contributed by atoms with E-state index in [-0.39, 0.29) is 29.2 Å². The first-order valence-electron chi connectivity index (χ1n) is 15.0. The van der Waals surface area contributed by atoms with Gasteiger partial charge in [0.1, 0.15) is 5.60 Å². The van der Waals surface area contributed by atoms with Crippen LogP contribution in [0.25, 0.3) is 10.9 Å². The molecule has 3 heterocycles. The van der Waals surface area contributed by atoms with Crippen molar-refractivity contribution in [2.75, 3.05) is 32.7 Å². The van der Waals surface area contributed by atoms with Crippen LogP contribution in [0.2, 0.25) is 0 Å². The third kappa shape index (κ3) is 4.88. The maximum atomic E-state index is 13.8. The van der Waals surface area contributed by atoms with Gasteiger partial charge in [-0.3, -0.25) is 9.59 Å². The van der Waals surface area contributed by atoms with Gasteiger partial charge in [0.2, 0.25) is 5.91 Å². The maximum absolute atomic E-state index is 13.8. The maximum Gasteiger partial charge on any atom is 0.254 e. The number of hydrogen-bond donors (Lipinski definition) is 2. The van der Waals surface area contributed by atoms with Crippen molar-refractivity contribution in [2.24, 2.45) is 18.4 Å². The second-order valence-corrected chi connectivity index (χ2v) is 12.6. The monoisotopic (exact) mass is 520 g/mol. The molecule has 38 heavy (non-hydrogen) atoms. The van der Waals surface area contributed by atoms with Crippen molar-refractivity contribution in [3.05, 3.63) is 36.0 Å². The highest BCUT2D eigenvalue weighted by Crippen LogP contribution is 2.51. The molecule has 2 saturated carbocycles. The van der Waals surface area contributed by atoms with Gasteiger partial charge in [0.15, 0.2) is 0 Å². The van der Waals surface area contributed by atoms with E-state index in [4.69, 9.17) is 0 Å². The van der Waals surface area contributed by atoms with E-state index in [0.717, 1.165) is 6.42 Å². The fourth-order valence-corrected chi connectivity index (χ4v) is 7.58. The number of rotatable bonds is 3. The summed E-state index contributed by atoms with van der Waals surface area (Å²) in [5, 5.41) is 15.4. The van der Waals surface area contributed by atoms with Crippen LogP contribution in [-0.2, 0) is 16.6 Å². The molecule has 2 aliphatic heterocycles. The van der Waals surface area contributed by atoms with E-state index in [1.54, 1.807) is 4.90 Å². The number of amides is 2. The molecule has 1 spiro atoms. The number of piperidine rings is 1. The second kappa shape index (κ2) is 10.3. The van der Waals surface area contributed by atoms with Gasteiger partial charge >= 0.3 is 0 Å². The molecule has 4 aliphatic rings. The van der Waals surface area contributed by atoms with Crippen molar-refractivity contribution in [2.45, 2.75) is 82.3 Å². The van der Waals surface area contributed by atoms with Gasteiger partial charge in [-0.05, 0) is 66.7 Å². The summed E-state index contributed by atoms with van der Waals surface area (Å²) in [6, 6.07) is 9.40. The minimum absolute atomic E-state index is 0.0256. The van der Waals surface area contributed by atoms with Crippen LogP contribution < -0.4 is 5.32 Å². The van der Waals surface area contributed by atoms with Crippen molar-refractivity contribution in [1.29, 1.82) is 0 Å². The number of carbonyl (C=O) groups is 2. The summed E-state index contributed by atoms with van der Waals surface area (Å²) in [5.74, 6) is 0.0694. The summed E-state index contributed by atoms with van der Waals surface area (Å²) < 4.78 is 2.18. The Morgan fingerprint density at radius 3 is 2.24 bits per heavy atom. The number of aromatic nitrogens is 1. The van der Waals surface area contributed by atoms with Crippen LogP contribution in [0.15, 0.2) is 30.5 Å². The number of benzene rings is 1. The van der Waals surface area contributed by atoms with E-state index in [1.807, 2.05) is 4.90 Å². The SMILES string of the molecule is Cn1ccc2cc(C3NCC(C(=O)N4CCN(C(=O)C5(O)CC5)CC4)CC34CCCCCCCC4)ccc21. The Labute approximate surface area is 226 Å². The molecule has 2 unspecified atom stereocenters. The summed E-state index contributed by atoms with van der Waals surface area (Å²) in [5.41, 5.74) is 1.57. The molecule has 0 bridgehead atoms. The Kier molecular flexibility index (Phi) is 7.02. The van der Waals surface area contributed by atoms with Crippen molar-refractivity contribution < 1.29 is 14.7 Å². The smallest absolute Gasteiger partial charge is 0.254 e. The lowest BCUT2D eigenvalue weighted by Gasteiger charge is -2.49. The van der Waals surface area contributed by atoms with Crippen molar-refractivity contribution in [1.82, 2.24) is 19.7 Å². The number of fused-ring (bicyclic) bond motifs is 1. The fourth-order valence-electron chi connectivity index (χ4n) is 7.58. The molecule has 6 rings (SSSR count). The Hall–Kier alpha value is -2.38. The molecule has 2 N–H and O–H groups in total. The standard InChI is InChI=1S/C31H44N4O3/c1-33-15-10-23-20-24(8-9-26(23)33)27-30(11-6-4-2-3-5-7-12-30)21-25(22-32-27)28(36)34-16-18-35(19-17-34)29(37)31(38)13-14-31/h8-10,15,20,25,27,32,38H,2-7,11-14,16-19,21-22H2,1H3. The van der Waals surface area contributed by atoms with Gasteiger partial charge in [-0.2, -0.15) is 0 Å². The highest BCUT2D eigenvalue weighted by molar-refractivity contribution is 5.88. The minimum Gasteiger partial charge on any atom is -0.380 e. The first-order valence-corrected chi connectivity index (χ1v) is 15.0. The van der Waals surface area contributed by atoms with E-state index < -0.39 is 5.60 Å². The molecule has 2 aromatic rings. The van der Waals surface area contributed by atoms with Gasteiger partial charge in [0.05, 0.1) is 5.92 Å². The minimum atomic E-state index is -1.12. The molecule has 2 saturated heterocycles. The molecule has 2 atom stereocenters. The highest BCUT2D eigenvalue weighted by atomic mass is 16.3. The molecular weight excluding hydrogens is 476 g/mol. The van der Waals surface area contributed by atoms with E-state index >= 15 is 0 Å². The quantitative estimate of drug-likeness (QED) is 0.638. The van der Waals surface area contributed by atoms with Gasteiger partial charge in [0, 0.05) is 57.5 Å². The Balaban J connectivity index is 1.20. The first-order chi connectivity index (χ1) is 18.4. The normalized spacial score (nSPS) is 27.5. The number of nitrogens with zero attached hydrogens (tertiary/aromatic N) is 3. The largest absolute Gasteiger partial charge is 0.380 e. The zero-order chi connectivity index (χ0) is 26.3. The highest BCUT2D eigenvalue weighted by Gasteiger charge is 2.51. The molecule has 1 aromatic carbocycles. The van der Waals surface area contributed by atoms with Crippen LogP contribution in [-0.4, -0.2) is 69.6 Å². The average molecular weight is 521 g/mol. The van der Waals surface area contributed by atoms with Crippen molar-refractivity contribution >= 4 is 22.7 Å². The van der Waals surface area contributed by atoms with Crippen LogP contribution in [0.3, 0.4) is 0 Å². The molecule has 7 nitrogen and oxygen atoms in total. The zero-order valence-electron chi connectivity index (χ0n) is 23.0. The lowest BCUT2D eigenvalue weighted by Crippen LogP contribution is -2.57. The van der Waals surface area contributed by atoms with Crippen LogP contribution >= 0.6 is 0 Å². The predicted molar refractivity (Wildman–Crippen MR) is 148 cm³/mol. The zero-order valence-corrected chi connectivity index (χ0v) is 23.0. The molecule has 4 fully saturated rings. The Bertz CT molecular complexity index is 1170. The molecule has 2 aliphatic carbocycles. The number of nitrogens with one attached hydrogen (secondary N) is 1. The molecule has 2 amide bonds. The lowest BCUT2D eigenvalue weighted by molar-refractivity contribution is -0.149. The first kappa shape index (κ1) is 25.9. The van der Waals surface area contributed by atoms with Gasteiger partial charge in [-0.15, -0.1) is 0 Å². The van der Waals surface area contributed by atoms with E-state index in [9.17, 15) is 14.7 Å². The lowest BCUT2D eigenvalue weighted by atomic mass is 9.63. The average Bonchev–Trinajstić information content (AvgIpc) is 3.56. The Morgan fingerprint density at radius 2 is 1.55 bits per heavy atom. The van der Waals surface area contributed by atoms with Gasteiger partial charge in [-0.25, -0.2) is 0 Å². The number of aliphatic hydroxyl groups is 1. The summed E-state index contributed by atoms with van der Waals surface area (Å²) in [6.07, 6.45) is 14.2. The van der Waals surface area contributed by atoms with Crippen molar-refractivity contribution in [3.8, 4) is 0 Å². The summed E-state index contributed by atoms with van der Waals surface area (Å²) in [7, 11) is 2.10. The third-order valence-corrected chi connectivity index (χ3v) is 10.0. The van der Waals surface area contributed by atoms with E-state index in [0.29, 0.717) is 45.6 Å². The summed E-state index contributed by atoms with van der Waals surface area (Å²) >= 11 is 0. The molecule has 0 radical (unpaired) electrons. The Morgan fingerprint density at radius 1 is 0.895 bits per heavy atom. The van der Waals surface area contributed by atoms with Crippen LogP contribution in [0.1, 0.15) is 82.2 Å². The molecule has 7 heteroatoms. The topological polar surface area (TPSA) is 77.8 Å². The van der Waals surface area contributed by atoms with Gasteiger partial charge < -0.3 is 24.8 Å². The fraction of sp³-hybridized carbons (Fsp3) is 0.677. The van der Waals surface area contributed by atoms with Gasteiger partial charge in [0.25, 0.3) is 5.91 Å². The number of piperazine rings is 1. The summed E-state index contributed by atoms with van der Waals surface area (Å²) in [4.78, 5) is 30.1. The third-order valence-electron chi connectivity index (χ3n) is 10.0.